The van der Waals surface area contributed by atoms with Gasteiger partial charge in [-0.15, -0.1) is 0 Å². The molecule has 3 heteroatoms. The van der Waals surface area contributed by atoms with Crippen LogP contribution in [0, 0.1) is 0 Å². The molecule has 13 heavy (non-hydrogen) atoms. The van der Waals surface area contributed by atoms with E-state index in [1.807, 2.05) is 0 Å². The fourth-order valence-corrected chi connectivity index (χ4v) is 2.25. The molecular formula is C10H19N3. The van der Waals surface area contributed by atoms with Crippen molar-refractivity contribution in [2.24, 2.45) is 0 Å². The molecule has 2 aliphatic heterocycles. The summed E-state index contributed by atoms with van der Waals surface area (Å²) in [5, 5.41) is 3.56. The predicted molar refractivity (Wildman–Crippen MR) is 54.1 cm³/mol. The molecule has 2 rings (SSSR count). The largest absolute Gasteiger partial charge is 0.350 e. The third-order valence-corrected chi connectivity index (χ3v) is 2.81. The van der Waals surface area contributed by atoms with Gasteiger partial charge in [0, 0.05) is 19.6 Å². The first kappa shape index (κ1) is 9.03. The molecule has 0 radical (unpaired) electrons. The maximum Gasteiger partial charge on any atom is 0.136 e. The molecule has 0 spiro atoms. The zero-order valence-electron chi connectivity index (χ0n) is 8.37. The van der Waals surface area contributed by atoms with Crippen molar-refractivity contribution in [3.05, 3.63) is 12.3 Å². The van der Waals surface area contributed by atoms with Gasteiger partial charge in [0.1, 0.15) is 6.29 Å². The van der Waals surface area contributed by atoms with Crippen molar-refractivity contribution in [2.45, 2.75) is 26.1 Å². The molecule has 0 amide bonds. The van der Waals surface area contributed by atoms with Crippen LogP contribution in [0.2, 0.25) is 0 Å². The van der Waals surface area contributed by atoms with Crippen molar-refractivity contribution in [3.63, 3.8) is 0 Å². The number of nitrogens with zero attached hydrogens (tertiary/aromatic N) is 2. The second kappa shape index (κ2) is 4.11. The number of rotatable bonds is 1. The van der Waals surface area contributed by atoms with E-state index >= 15 is 0 Å². The molecule has 0 aromatic heterocycles. The standard InChI is InChI=1S/C10H19N3/c1-2-6-12-8-4-9-13-7-3-5-11-10(12)13/h2,6,10-11H,3-5,7-9H2,1H3/b6-2-. The first-order valence-corrected chi connectivity index (χ1v) is 5.28. The minimum atomic E-state index is 0.471. The summed E-state index contributed by atoms with van der Waals surface area (Å²) in [5.41, 5.74) is 0. The van der Waals surface area contributed by atoms with Gasteiger partial charge in [-0.1, -0.05) is 6.08 Å². The summed E-state index contributed by atoms with van der Waals surface area (Å²) in [6, 6.07) is 0. The quantitative estimate of drug-likeness (QED) is 0.645. The Morgan fingerprint density at radius 3 is 2.92 bits per heavy atom. The fourth-order valence-electron chi connectivity index (χ4n) is 2.25. The molecule has 1 N–H and O–H groups in total. The van der Waals surface area contributed by atoms with Gasteiger partial charge in [-0.25, -0.2) is 0 Å². The first-order valence-electron chi connectivity index (χ1n) is 5.28. The zero-order chi connectivity index (χ0) is 9.10. The molecule has 3 nitrogen and oxygen atoms in total. The summed E-state index contributed by atoms with van der Waals surface area (Å²) in [6.45, 7) is 6.95. The van der Waals surface area contributed by atoms with E-state index in [1.54, 1.807) is 0 Å². The molecule has 2 aliphatic rings. The van der Waals surface area contributed by atoms with Crippen LogP contribution in [0.3, 0.4) is 0 Å². The Hall–Kier alpha value is -0.540. The van der Waals surface area contributed by atoms with E-state index in [2.05, 4.69) is 34.3 Å². The van der Waals surface area contributed by atoms with E-state index < -0.39 is 0 Å². The molecular weight excluding hydrogens is 162 g/mol. The Bertz CT molecular complexity index is 189. The SMILES string of the molecule is C/C=C\N1CCCN2CCCNC12. The Morgan fingerprint density at radius 1 is 1.23 bits per heavy atom. The lowest BCUT2D eigenvalue weighted by Gasteiger charge is -2.46. The van der Waals surface area contributed by atoms with E-state index in [9.17, 15) is 0 Å². The molecule has 0 bridgehead atoms. The van der Waals surface area contributed by atoms with Crippen molar-refractivity contribution in [1.29, 1.82) is 0 Å². The lowest BCUT2D eigenvalue weighted by atomic mass is 10.2. The second-order valence-electron chi connectivity index (χ2n) is 3.79. The van der Waals surface area contributed by atoms with Gasteiger partial charge in [0.05, 0.1) is 0 Å². The van der Waals surface area contributed by atoms with Crippen molar-refractivity contribution in [2.75, 3.05) is 26.2 Å². The van der Waals surface area contributed by atoms with Crippen LogP contribution in [0.4, 0.5) is 0 Å². The van der Waals surface area contributed by atoms with Gasteiger partial charge in [-0.2, -0.15) is 0 Å². The summed E-state index contributed by atoms with van der Waals surface area (Å²) in [5.74, 6) is 0. The van der Waals surface area contributed by atoms with Crippen LogP contribution in [0.25, 0.3) is 0 Å². The summed E-state index contributed by atoms with van der Waals surface area (Å²) >= 11 is 0. The highest BCUT2D eigenvalue weighted by atomic mass is 15.5. The van der Waals surface area contributed by atoms with Gasteiger partial charge >= 0.3 is 0 Å². The Kier molecular flexibility index (Phi) is 2.86. The van der Waals surface area contributed by atoms with Crippen LogP contribution in [-0.4, -0.2) is 42.3 Å². The molecule has 2 saturated heterocycles. The van der Waals surface area contributed by atoms with Crippen LogP contribution in [0.1, 0.15) is 19.8 Å². The van der Waals surface area contributed by atoms with Gasteiger partial charge < -0.3 is 4.90 Å². The topological polar surface area (TPSA) is 18.5 Å². The molecule has 2 heterocycles. The van der Waals surface area contributed by atoms with Crippen molar-refractivity contribution in [3.8, 4) is 0 Å². The first-order chi connectivity index (χ1) is 6.42. The zero-order valence-corrected chi connectivity index (χ0v) is 8.37. The number of nitrogens with one attached hydrogen (secondary N) is 1. The highest BCUT2D eigenvalue weighted by molar-refractivity contribution is 4.88. The monoisotopic (exact) mass is 181 g/mol. The van der Waals surface area contributed by atoms with Crippen molar-refractivity contribution >= 4 is 0 Å². The lowest BCUT2D eigenvalue weighted by molar-refractivity contribution is -0.00671. The molecule has 0 aromatic carbocycles. The molecule has 74 valence electrons. The highest BCUT2D eigenvalue weighted by Crippen LogP contribution is 2.15. The maximum atomic E-state index is 3.56. The minimum absolute atomic E-state index is 0.471. The summed E-state index contributed by atoms with van der Waals surface area (Å²) in [7, 11) is 0. The average Bonchev–Trinajstić information content (AvgIpc) is 2.19. The number of hydrogen-bond donors (Lipinski definition) is 1. The Labute approximate surface area is 80.4 Å². The third-order valence-electron chi connectivity index (χ3n) is 2.81. The van der Waals surface area contributed by atoms with E-state index in [0.29, 0.717) is 6.29 Å². The normalized spacial score (nSPS) is 30.8. The van der Waals surface area contributed by atoms with E-state index in [4.69, 9.17) is 0 Å². The smallest absolute Gasteiger partial charge is 0.136 e. The van der Waals surface area contributed by atoms with Crippen molar-refractivity contribution in [1.82, 2.24) is 15.1 Å². The molecule has 0 aliphatic carbocycles. The number of hydrogen-bond acceptors (Lipinski definition) is 3. The Balaban J connectivity index is 2.02. The summed E-state index contributed by atoms with van der Waals surface area (Å²) in [6.07, 6.45) is 7.39. The van der Waals surface area contributed by atoms with Crippen molar-refractivity contribution < 1.29 is 0 Å². The van der Waals surface area contributed by atoms with Crippen LogP contribution in [-0.2, 0) is 0 Å². The molecule has 1 atom stereocenters. The van der Waals surface area contributed by atoms with E-state index in [0.717, 1.165) is 6.54 Å². The van der Waals surface area contributed by atoms with Gasteiger partial charge in [0.2, 0.25) is 0 Å². The maximum absolute atomic E-state index is 3.56. The molecule has 0 aromatic rings. The fraction of sp³-hybridized carbons (Fsp3) is 0.800. The van der Waals surface area contributed by atoms with E-state index in [1.165, 1.54) is 32.5 Å². The lowest BCUT2D eigenvalue weighted by Crippen LogP contribution is -2.62. The molecule has 1 unspecified atom stereocenters. The van der Waals surface area contributed by atoms with E-state index in [-0.39, 0.29) is 0 Å². The van der Waals surface area contributed by atoms with Gasteiger partial charge in [-0.05, 0) is 32.5 Å². The van der Waals surface area contributed by atoms with Crippen LogP contribution in [0.5, 0.6) is 0 Å². The number of fused-ring (bicyclic) bond motifs is 1. The molecule has 0 saturated carbocycles. The van der Waals surface area contributed by atoms with Crippen LogP contribution < -0.4 is 5.32 Å². The second-order valence-corrected chi connectivity index (χ2v) is 3.79. The van der Waals surface area contributed by atoms with Gasteiger partial charge in [0.25, 0.3) is 0 Å². The third kappa shape index (κ3) is 1.86. The van der Waals surface area contributed by atoms with Gasteiger partial charge in [0.15, 0.2) is 0 Å². The van der Waals surface area contributed by atoms with Gasteiger partial charge in [-0.3, -0.25) is 10.2 Å². The predicted octanol–water partition coefficient (Wildman–Crippen LogP) is 0.805. The van der Waals surface area contributed by atoms with Crippen LogP contribution in [0.15, 0.2) is 12.3 Å². The average molecular weight is 181 g/mol. The summed E-state index contributed by atoms with van der Waals surface area (Å²) < 4.78 is 0. The molecule has 2 fully saturated rings. The highest BCUT2D eigenvalue weighted by Gasteiger charge is 2.28. The summed E-state index contributed by atoms with van der Waals surface area (Å²) in [4.78, 5) is 4.94. The number of allylic oxidation sites excluding steroid dienone is 1. The van der Waals surface area contributed by atoms with Crippen LogP contribution >= 0.6 is 0 Å². The minimum Gasteiger partial charge on any atom is -0.350 e. The Morgan fingerprint density at radius 2 is 2.08 bits per heavy atom.